The molecular formula is C22H30N2O. The van der Waals surface area contributed by atoms with Crippen molar-refractivity contribution in [1.29, 1.82) is 0 Å². The molecule has 2 atom stereocenters. The van der Waals surface area contributed by atoms with E-state index in [9.17, 15) is 5.11 Å². The Bertz CT molecular complexity index is 637. The Hall–Kier alpha value is -1.68. The van der Waals surface area contributed by atoms with Gasteiger partial charge in [-0.05, 0) is 49.9 Å². The highest BCUT2D eigenvalue weighted by molar-refractivity contribution is 5.24. The SMILES string of the molecule is Cc1cccc(C(O)CN(Cc2ccccc2)CC2CCCNC2)c1. The zero-order valence-electron chi connectivity index (χ0n) is 15.2. The van der Waals surface area contributed by atoms with Gasteiger partial charge in [0.1, 0.15) is 0 Å². The van der Waals surface area contributed by atoms with E-state index in [4.69, 9.17) is 0 Å². The molecule has 25 heavy (non-hydrogen) atoms. The van der Waals surface area contributed by atoms with Gasteiger partial charge in [-0.15, -0.1) is 0 Å². The monoisotopic (exact) mass is 338 g/mol. The van der Waals surface area contributed by atoms with Crippen LogP contribution in [-0.2, 0) is 6.54 Å². The fraction of sp³-hybridized carbons (Fsp3) is 0.455. The van der Waals surface area contributed by atoms with E-state index in [2.05, 4.69) is 59.6 Å². The molecule has 2 N–H and O–H groups in total. The van der Waals surface area contributed by atoms with Crippen LogP contribution in [0.25, 0.3) is 0 Å². The van der Waals surface area contributed by atoms with Crippen LogP contribution in [0.3, 0.4) is 0 Å². The highest BCUT2D eigenvalue weighted by Crippen LogP contribution is 2.20. The number of nitrogens with zero attached hydrogens (tertiary/aromatic N) is 1. The summed E-state index contributed by atoms with van der Waals surface area (Å²) in [5.41, 5.74) is 3.52. The third-order valence-electron chi connectivity index (χ3n) is 5.02. The Balaban J connectivity index is 1.68. The van der Waals surface area contributed by atoms with Crippen LogP contribution in [0.1, 0.15) is 35.6 Å². The molecule has 1 aliphatic heterocycles. The number of hydrogen-bond donors (Lipinski definition) is 2. The summed E-state index contributed by atoms with van der Waals surface area (Å²) in [4.78, 5) is 2.42. The van der Waals surface area contributed by atoms with E-state index < -0.39 is 6.10 Å². The molecule has 2 aromatic carbocycles. The van der Waals surface area contributed by atoms with E-state index in [1.165, 1.54) is 24.0 Å². The Labute approximate surface area is 151 Å². The first-order chi connectivity index (χ1) is 12.2. The molecule has 0 amide bonds. The smallest absolute Gasteiger partial charge is 0.0917 e. The lowest BCUT2D eigenvalue weighted by Crippen LogP contribution is -2.39. The number of aliphatic hydroxyl groups excluding tert-OH is 1. The van der Waals surface area contributed by atoms with Crippen molar-refractivity contribution in [3.63, 3.8) is 0 Å². The van der Waals surface area contributed by atoms with Crippen molar-refractivity contribution in [3.8, 4) is 0 Å². The topological polar surface area (TPSA) is 35.5 Å². The Morgan fingerprint density at radius 2 is 2.00 bits per heavy atom. The maximum atomic E-state index is 10.8. The molecule has 3 heteroatoms. The quantitative estimate of drug-likeness (QED) is 0.811. The van der Waals surface area contributed by atoms with Crippen molar-refractivity contribution < 1.29 is 5.11 Å². The first-order valence-corrected chi connectivity index (χ1v) is 9.42. The summed E-state index contributed by atoms with van der Waals surface area (Å²) in [5.74, 6) is 0.669. The van der Waals surface area contributed by atoms with Gasteiger partial charge >= 0.3 is 0 Å². The van der Waals surface area contributed by atoms with Crippen LogP contribution in [0.4, 0.5) is 0 Å². The number of rotatable bonds is 7. The van der Waals surface area contributed by atoms with Gasteiger partial charge < -0.3 is 10.4 Å². The van der Waals surface area contributed by atoms with E-state index in [0.717, 1.165) is 31.7 Å². The fourth-order valence-corrected chi connectivity index (χ4v) is 3.72. The Morgan fingerprint density at radius 1 is 1.16 bits per heavy atom. The second-order valence-electron chi connectivity index (χ2n) is 7.32. The maximum Gasteiger partial charge on any atom is 0.0917 e. The van der Waals surface area contributed by atoms with Crippen molar-refractivity contribution in [1.82, 2.24) is 10.2 Å². The summed E-state index contributed by atoms with van der Waals surface area (Å²) in [6.07, 6.45) is 2.09. The number of hydrogen-bond acceptors (Lipinski definition) is 3. The molecule has 0 aliphatic carbocycles. The molecule has 0 bridgehead atoms. The molecule has 1 aliphatic rings. The van der Waals surface area contributed by atoms with Crippen LogP contribution < -0.4 is 5.32 Å². The zero-order valence-corrected chi connectivity index (χ0v) is 15.2. The molecular weight excluding hydrogens is 308 g/mol. The van der Waals surface area contributed by atoms with Crippen LogP contribution in [-0.4, -0.2) is 36.2 Å². The minimum absolute atomic E-state index is 0.444. The number of aryl methyl sites for hydroxylation is 1. The lowest BCUT2D eigenvalue weighted by Gasteiger charge is -2.31. The second-order valence-corrected chi connectivity index (χ2v) is 7.32. The van der Waals surface area contributed by atoms with E-state index in [1.54, 1.807) is 0 Å². The highest BCUT2D eigenvalue weighted by atomic mass is 16.3. The van der Waals surface area contributed by atoms with E-state index in [1.807, 2.05) is 12.1 Å². The first kappa shape index (κ1) is 18.1. The summed E-state index contributed by atoms with van der Waals surface area (Å²) >= 11 is 0. The standard InChI is InChI=1S/C22H30N2O/c1-18-7-5-11-21(13-18)22(25)17-24(15-19-8-3-2-4-9-19)16-20-10-6-12-23-14-20/h2-5,7-9,11,13,20,22-23,25H,6,10,12,14-17H2,1H3. The molecule has 1 heterocycles. The third kappa shape index (κ3) is 5.67. The maximum absolute atomic E-state index is 10.8. The first-order valence-electron chi connectivity index (χ1n) is 9.42. The lowest BCUT2D eigenvalue weighted by atomic mass is 9.98. The van der Waals surface area contributed by atoms with Gasteiger partial charge in [-0.3, -0.25) is 4.90 Å². The summed E-state index contributed by atoms with van der Waals surface area (Å²) < 4.78 is 0. The number of piperidine rings is 1. The molecule has 3 rings (SSSR count). The summed E-state index contributed by atoms with van der Waals surface area (Å²) in [7, 11) is 0. The van der Waals surface area contributed by atoms with Crippen LogP contribution >= 0.6 is 0 Å². The Kier molecular flexibility index (Phi) is 6.62. The molecule has 0 radical (unpaired) electrons. The van der Waals surface area contributed by atoms with Gasteiger partial charge in [0.05, 0.1) is 6.10 Å². The summed E-state index contributed by atoms with van der Waals surface area (Å²) in [6.45, 7) is 6.90. The molecule has 1 fully saturated rings. The average molecular weight is 338 g/mol. The van der Waals surface area contributed by atoms with E-state index in [0.29, 0.717) is 12.5 Å². The minimum atomic E-state index is -0.444. The fourth-order valence-electron chi connectivity index (χ4n) is 3.72. The van der Waals surface area contributed by atoms with Crippen molar-refractivity contribution in [2.45, 2.75) is 32.4 Å². The number of benzene rings is 2. The lowest BCUT2D eigenvalue weighted by molar-refractivity contribution is 0.0946. The molecule has 1 saturated heterocycles. The van der Waals surface area contributed by atoms with Crippen LogP contribution in [0.15, 0.2) is 54.6 Å². The normalized spacial score (nSPS) is 19.1. The summed E-state index contributed by atoms with van der Waals surface area (Å²) in [6, 6.07) is 18.8. The van der Waals surface area contributed by atoms with Crippen LogP contribution in [0, 0.1) is 12.8 Å². The van der Waals surface area contributed by atoms with Crippen molar-refractivity contribution in [2.24, 2.45) is 5.92 Å². The minimum Gasteiger partial charge on any atom is -0.387 e. The van der Waals surface area contributed by atoms with Gasteiger partial charge in [0, 0.05) is 19.6 Å². The molecule has 134 valence electrons. The molecule has 2 unspecified atom stereocenters. The van der Waals surface area contributed by atoms with E-state index in [-0.39, 0.29) is 0 Å². The molecule has 0 aromatic heterocycles. The van der Waals surface area contributed by atoms with Gasteiger partial charge in [-0.2, -0.15) is 0 Å². The van der Waals surface area contributed by atoms with Gasteiger partial charge in [-0.25, -0.2) is 0 Å². The van der Waals surface area contributed by atoms with E-state index >= 15 is 0 Å². The predicted octanol–water partition coefficient (Wildman–Crippen LogP) is 3.53. The van der Waals surface area contributed by atoms with Crippen LogP contribution in [0.5, 0.6) is 0 Å². The second kappa shape index (κ2) is 9.14. The Morgan fingerprint density at radius 3 is 2.72 bits per heavy atom. The van der Waals surface area contributed by atoms with Crippen LogP contribution in [0.2, 0.25) is 0 Å². The average Bonchev–Trinajstić information content (AvgIpc) is 2.63. The summed E-state index contributed by atoms with van der Waals surface area (Å²) in [5, 5.41) is 14.3. The molecule has 0 saturated carbocycles. The van der Waals surface area contributed by atoms with Crippen molar-refractivity contribution in [2.75, 3.05) is 26.2 Å². The third-order valence-corrected chi connectivity index (χ3v) is 5.02. The highest BCUT2D eigenvalue weighted by Gasteiger charge is 2.20. The van der Waals surface area contributed by atoms with Gasteiger partial charge in [0.2, 0.25) is 0 Å². The largest absolute Gasteiger partial charge is 0.387 e. The number of nitrogens with one attached hydrogen (secondary N) is 1. The van der Waals surface area contributed by atoms with Gasteiger partial charge in [0.15, 0.2) is 0 Å². The number of aliphatic hydroxyl groups is 1. The van der Waals surface area contributed by atoms with Gasteiger partial charge in [0.25, 0.3) is 0 Å². The molecule has 0 spiro atoms. The molecule has 2 aromatic rings. The van der Waals surface area contributed by atoms with Gasteiger partial charge in [-0.1, -0.05) is 60.2 Å². The zero-order chi connectivity index (χ0) is 17.5. The van der Waals surface area contributed by atoms with Crippen molar-refractivity contribution in [3.05, 3.63) is 71.3 Å². The van der Waals surface area contributed by atoms with Crippen molar-refractivity contribution >= 4 is 0 Å². The molecule has 3 nitrogen and oxygen atoms in total. The predicted molar refractivity (Wildman–Crippen MR) is 103 cm³/mol.